The molecular formula is C11H16ClNO2S. The second-order valence-corrected chi connectivity index (χ2v) is 7.09. The zero-order valence-electron chi connectivity index (χ0n) is 9.62. The molecule has 1 aromatic rings. The van der Waals surface area contributed by atoms with Crippen LogP contribution in [0.5, 0.6) is 0 Å². The molecule has 0 fully saturated rings. The molecule has 0 saturated carbocycles. The zero-order chi connectivity index (χ0) is 12.6. The lowest BCUT2D eigenvalue weighted by Gasteiger charge is -2.18. The smallest absolute Gasteiger partial charge is 0.176 e. The average molecular weight is 262 g/mol. The Morgan fingerprint density at radius 1 is 1.38 bits per heavy atom. The third-order valence-corrected chi connectivity index (χ3v) is 3.64. The van der Waals surface area contributed by atoms with Crippen molar-refractivity contribution in [1.82, 2.24) is 0 Å². The molecule has 5 heteroatoms. The number of halogens is 1. The van der Waals surface area contributed by atoms with Gasteiger partial charge in [0.25, 0.3) is 0 Å². The topological polar surface area (TPSA) is 60.2 Å². The van der Waals surface area contributed by atoms with E-state index in [-0.39, 0.29) is 15.5 Å². The Balaban J connectivity index is 3.10. The molecule has 3 nitrogen and oxygen atoms in total. The first kappa shape index (κ1) is 13.5. The SMILES string of the molecule is CC(C)(N)Cc1ccc(S(C)(=O)=O)c(Cl)c1. The Morgan fingerprint density at radius 3 is 2.31 bits per heavy atom. The summed E-state index contributed by atoms with van der Waals surface area (Å²) < 4.78 is 22.7. The molecule has 1 aromatic carbocycles. The van der Waals surface area contributed by atoms with Crippen LogP contribution in [0.4, 0.5) is 0 Å². The third-order valence-electron chi connectivity index (χ3n) is 2.06. The van der Waals surface area contributed by atoms with Crippen LogP contribution in [0.25, 0.3) is 0 Å². The second-order valence-electron chi connectivity index (χ2n) is 4.70. The molecule has 0 aliphatic heterocycles. The minimum absolute atomic E-state index is 0.160. The molecule has 0 saturated heterocycles. The predicted octanol–water partition coefficient (Wildman–Crippen LogP) is 2.02. The maximum atomic E-state index is 11.3. The van der Waals surface area contributed by atoms with Gasteiger partial charge in [0.05, 0.1) is 9.92 Å². The highest BCUT2D eigenvalue weighted by atomic mass is 35.5. The molecule has 0 aliphatic carbocycles. The summed E-state index contributed by atoms with van der Waals surface area (Å²) in [5.74, 6) is 0. The van der Waals surface area contributed by atoms with Crippen molar-refractivity contribution in [3.05, 3.63) is 28.8 Å². The first-order valence-electron chi connectivity index (χ1n) is 4.87. The van der Waals surface area contributed by atoms with E-state index in [2.05, 4.69) is 0 Å². The molecule has 0 aromatic heterocycles. The minimum Gasteiger partial charge on any atom is -0.325 e. The summed E-state index contributed by atoms with van der Waals surface area (Å²) in [6.07, 6.45) is 1.79. The largest absolute Gasteiger partial charge is 0.325 e. The van der Waals surface area contributed by atoms with Gasteiger partial charge in [-0.15, -0.1) is 0 Å². The van der Waals surface area contributed by atoms with Gasteiger partial charge in [-0.1, -0.05) is 17.7 Å². The third kappa shape index (κ3) is 3.77. The second kappa shape index (κ2) is 4.35. The van der Waals surface area contributed by atoms with Crippen LogP contribution < -0.4 is 5.73 Å². The highest BCUT2D eigenvalue weighted by molar-refractivity contribution is 7.90. The summed E-state index contributed by atoms with van der Waals surface area (Å²) in [7, 11) is -3.26. The zero-order valence-corrected chi connectivity index (χ0v) is 11.2. The van der Waals surface area contributed by atoms with Crippen LogP contribution >= 0.6 is 11.6 Å². The van der Waals surface area contributed by atoms with Crippen molar-refractivity contribution >= 4 is 21.4 Å². The lowest BCUT2D eigenvalue weighted by Crippen LogP contribution is -2.34. The van der Waals surface area contributed by atoms with Crippen molar-refractivity contribution in [3.63, 3.8) is 0 Å². The number of rotatable bonds is 3. The van der Waals surface area contributed by atoms with Crippen LogP contribution in [0.1, 0.15) is 19.4 Å². The van der Waals surface area contributed by atoms with Crippen molar-refractivity contribution < 1.29 is 8.42 Å². The Labute approximate surface area is 102 Å². The van der Waals surface area contributed by atoms with Gasteiger partial charge >= 0.3 is 0 Å². The van der Waals surface area contributed by atoms with Crippen molar-refractivity contribution in [2.24, 2.45) is 5.73 Å². The summed E-state index contributed by atoms with van der Waals surface area (Å²) in [5, 5.41) is 0.254. The monoisotopic (exact) mass is 261 g/mol. The minimum atomic E-state index is -3.26. The Morgan fingerprint density at radius 2 is 1.94 bits per heavy atom. The average Bonchev–Trinajstić information content (AvgIpc) is 1.97. The van der Waals surface area contributed by atoms with Gasteiger partial charge < -0.3 is 5.73 Å². The summed E-state index contributed by atoms with van der Waals surface area (Å²) in [6, 6.07) is 4.93. The van der Waals surface area contributed by atoms with E-state index in [4.69, 9.17) is 17.3 Å². The van der Waals surface area contributed by atoms with Gasteiger partial charge in [-0.2, -0.15) is 0 Å². The fourth-order valence-corrected chi connectivity index (χ4v) is 2.83. The van der Waals surface area contributed by atoms with Crippen LogP contribution in [0.3, 0.4) is 0 Å². The number of hydrogen-bond acceptors (Lipinski definition) is 3. The molecule has 16 heavy (non-hydrogen) atoms. The van der Waals surface area contributed by atoms with Gasteiger partial charge in [0, 0.05) is 11.8 Å². The summed E-state index contributed by atoms with van der Waals surface area (Å²) in [5.41, 5.74) is 6.48. The maximum Gasteiger partial charge on any atom is 0.176 e. The van der Waals surface area contributed by atoms with Crippen molar-refractivity contribution in [1.29, 1.82) is 0 Å². The molecule has 0 bridgehead atoms. The number of sulfone groups is 1. The van der Waals surface area contributed by atoms with E-state index in [1.807, 2.05) is 13.8 Å². The van der Waals surface area contributed by atoms with Gasteiger partial charge in [0.1, 0.15) is 0 Å². The van der Waals surface area contributed by atoms with Crippen molar-refractivity contribution in [2.75, 3.05) is 6.26 Å². The lowest BCUT2D eigenvalue weighted by atomic mass is 9.96. The fourth-order valence-electron chi connectivity index (χ4n) is 1.48. The molecule has 0 amide bonds. The number of benzene rings is 1. The quantitative estimate of drug-likeness (QED) is 0.906. The first-order valence-corrected chi connectivity index (χ1v) is 7.14. The molecule has 2 N–H and O–H groups in total. The molecular weight excluding hydrogens is 246 g/mol. The summed E-state index contributed by atoms with van der Waals surface area (Å²) >= 11 is 5.92. The van der Waals surface area contributed by atoms with Gasteiger partial charge in [-0.25, -0.2) is 8.42 Å². The molecule has 0 aliphatic rings. The van der Waals surface area contributed by atoms with Crippen LogP contribution in [-0.2, 0) is 16.3 Å². The first-order chi connectivity index (χ1) is 7.09. The van der Waals surface area contributed by atoms with Crippen LogP contribution in [0, 0.1) is 0 Å². The van der Waals surface area contributed by atoms with E-state index in [0.29, 0.717) is 6.42 Å². The maximum absolute atomic E-state index is 11.3. The highest BCUT2D eigenvalue weighted by Crippen LogP contribution is 2.24. The Bertz CT molecular complexity index is 489. The van der Waals surface area contributed by atoms with Crippen LogP contribution in [-0.4, -0.2) is 20.2 Å². The number of nitrogens with two attached hydrogens (primary N) is 1. The Kier molecular flexibility index (Phi) is 3.67. The van der Waals surface area contributed by atoms with Crippen molar-refractivity contribution in [3.8, 4) is 0 Å². The molecule has 0 spiro atoms. The van der Waals surface area contributed by atoms with E-state index in [9.17, 15) is 8.42 Å². The lowest BCUT2D eigenvalue weighted by molar-refractivity contribution is 0.516. The van der Waals surface area contributed by atoms with E-state index >= 15 is 0 Å². The standard InChI is InChI=1S/C11H16ClNO2S/c1-11(2,13)7-8-4-5-10(9(12)6-8)16(3,14)15/h4-6H,7,13H2,1-3H3. The van der Waals surface area contributed by atoms with Crippen molar-refractivity contribution in [2.45, 2.75) is 30.7 Å². The highest BCUT2D eigenvalue weighted by Gasteiger charge is 2.15. The van der Waals surface area contributed by atoms with Crippen LogP contribution in [0.15, 0.2) is 23.1 Å². The molecule has 0 heterocycles. The van der Waals surface area contributed by atoms with Gasteiger partial charge in [-0.05, 0) is 38.0 Å². The predicted molar refractivity (Wildman–Crippen MR) is 66.5 cm³/mol. The molecule has 0 unspecified atom stereocenters. The number of hydrogen-bond donors (Lipinski definition) is 1. The fraction of sp³-hybridized carbons (Fsp3) is 0.455. The van der Waals surface area contributed by atoms with E-state index < -0.39 is 9.84 Å². The molecule has 0 radical (unpaired) electrons. The molecule has 1 rings (SSSR count). The van der Waals surface area contributed by atoms with E-state index in [1.54, 1.807) is 12.1 Å². The summed E-state index contributed by atoms with van der Waals surface area (Å²) in [4.78, 5) is 0.160. The molecule has 90 valence electrons. The molecule has 0 atom stereocenters. The summed E-state index contributed by atoms with van der Waals surface area (Å²) in [6.45, 7) is 3.82. The Hall–Kier alpha value is -0.580. The van der Waals surface area contributed by atoms with Gasteiger partial charge in [0.15, 0.2) is 9.84 Å². The van der Waals surface area contributed by atoms with Crippen LogP contribution in [0.2, 0.25) is 5.02 Å². The van der Waals surface area contributed by atoms with Gasteiger partial charge in [0.2, 0.25) is 0 Å². The van der Waals surface area contributed by atoms with Gasteiger partial charge in [-0.3, -0.25) is 0 Å². The van der Waals surface area contributed by atoms with E-state index in [0.717, 1.165) is 11.8 Å². The van der Waals surface area contributed by atoms with E-state index in [1.165, 1.54) is 6.07 Å². The normalized spacial score (nSPS) is 12.8.